The highest BCUT2D eigenvalue weighted by atomic mass is 32.2. The Kier molecular flexibility index (Phi) is 2.87. The van der Waals surface area contributed by atoms with E-state index in [4.69, 9.17) is 0 Å². The molecule has 17 heavy (non-hydrogen) atoms. The van der Waals surface area contributed by atoms with Crippen molar-refractivity contribution in [2.75, 3.05) is 13.1 Å². The minimum atomic E-state index is 0.130. The Hall–Kier alpha value is -0.960. The molecule has 1 fully saturated rings. The van der Waals surface area contributed by atoms with Crippen molar-refractivity contribution >= 4 is 17.7 Å². The van der Waals surface area contributed by atoms with Crippen LogP contribution >= 0.6 is 11.8 Å². The Morgan fingerprint density at radius 2 is 2.12 bits per heavy atom. The van der Waals surface area contributed by atoms with Crippen LogP contribution in [0.4, 0.5) is 0 Å². The Morgan fingerprint density at radius 3 is 2.88 bits per heavy atom. The number of nitrogens with zero attached hydrogens (tertiary/aromatic N) is 1. The third kappa shape index (κ3) is 2.08. The van der Waals surface area contributed by atoms with Crippen LogP contribution in [0.5, 0.6) is 0 Å². The van der Waals surface area contributed by atoms with Crippen molar-refractivity contribution in [3.8, 4) is 0 Å². The molecule has 0 N–H and O–H groups in total. The molecule has 1 atom stereocenters. The molecular weight excluding hydrogens is 230 g/mol. The number of amides is 1. The number of rotatable bonds is 1. The molecule has 0 saturated carbocycles. The molecule has 0 radical (unpaired) electrons. The van der Waals surface area contributed by atoms with Gasteiger partial charge in [-0.15, -0.1) is 11.8 Å². The highest BCUT2D eigenvalue weighted by Gasteiger charge is 2.32. The van der Waals surface area contributed by atoms with Gasteiger partial charge in [0.15, 0.2) is 0 Å². The molecule has 2 nitrogen and oxygen atoms in total. The lowest BCUT2D eigenvalue weighted by atomic mass is 10.1. The second kappa shape index (κ2) is 4.37. The molecule has 2 aliphatic heterocycles. The summed E-state index contributed by atoms with van der Waals surface area (Å²) in [6.45, 7) is 4.03. The van der Waals surface area contributed by atoms with Crippen molar-refractivity contribution in [3.05, 3.63) is 29.3 Å². The fraction of sp³-hybridized carbons (Fsp3) is 0.500. The minimum absolute atomic E-state index is 0.130. The lowest BCUT2D eigenvalue weighted by Crippen LogP contribution is -2.35. The number of hydrogen-bond donors (Lipinski definition) is 0. The van der Waals surface area contributed by atoms with E-state index in [0.717, 1.165) is 19.5 Å². The van der Waals surface area contributed by atoms with Gasteiger partial charge in [0, 0.05) is 18.0 Å². The van der Waals surface area contributed by atoms with Crippen LogP contribution in [-0.4, -0.2) is 29.1 Å². The van der Waals surface area contributed by atoms with Crippen molar-refractivity contribution in [1.29, 1.82) is 0 Å². The molecule has 90 valence electrons. The van der Waals surface area contributed by atoms with Gasteiger partial charge < -0.3 is 4.90 Å². The Labute approximate surface area is 106 Å². The molecule has 1 unspecified atom stereocenters. The summed E-state index contributed by atoms with van der Waals surface area (Å²) in [6.07, 6.45) is 3.26. The minimum Gasteiger partial charge on any atom is -0.342 e. The molecule has 0 bridgehead atoms. The van der Waals surface area contributed by atoms with Crippen LogP contribution in [0.1, 0.15) is 24.0 Å². The Bertz CT molecular complexity index is 452. The van der Waals surface area contributed by atoms with Gasteiger partial charge in [-0.2, -0.15) is 0 Å². The molecule has 1 saturated heterocycles. The average Bonchev–Trinajstić information content (AvgIpc) is 2.96. The molecule has 3 rings (SSSR count). The van der Waals surface area contributed by atoms with E-state index in [1.807, 2.05) is 4.90 Å². The molecule has 3 heteroatoms. The monoisotopic (exact) mass is 247 g/mol. The van der Waals surface area contributed by atoms with Gasteiger partial charge in [-0.05, 0) is 37.8 Å². The molecular formula is C14H17NOS. The van der Waals surface area contributed by atoms with E-state index in [1.165, 1.54) is 28.9 Å². The standard InChI is InChI=1S/C14H17NOS/c1-10-4-5-11-9-13(17-12(11)8-10)14(16)15-6-2-3-7-15/h4-5,8,13H,2-3,6-7,9H2,1H3. The molecule has 0 aromatic heterocycles. The number of aryl methyl sites for hydroxylation is 1. The van der Waals surface area contributed by atoms with E-state index in [1.54, 1.807) is 11.8 Å². The smallest absolute Gasteiger partial charge is 0.236 e. The van der Waals surface area contributed by atoms with Crippen molar-refractivity contribution in [1.82, 2.24) is 4.90 Å². The molecule has 1 amide bonds. The lowest BCUT2D eigenvalue weighted by molar-refractivity contribution is -0.129. The summed E-state index contributed by atoms with van der Waals surface area (Å²) in [5.41, 5.74) is 2.63. The van der Waals surface area contributed by atoms with E-state index >= 15 is 0 Å². The van der Waals surface area contributed by atoms with Crippen molar-refractivity contribution in [2.45, 2.75) is 36.3 Å². The number of fused-ring (bicyclic) bond motifs is 1. The van der Waals surface area contributed by atoms with E-state index < -0.39 is 0 Å². The lowest BCUT2D eigenvalue weighted by Gasteiger charge is -2.18. The van der Waals surface area contributed by atoms with Crippen LogP contribution in [0.2, 0.25) is 0 Å². The summed E-state index contributed by atoms with van der Waals surface area (Å²) in [5, 5.41) is 0.130. The summed E-state index contributed by atoms with van der Waals surface area (Å²) in [6, 6.07) is 6.52. The quantitative estimate of drug-likeness (QED) is 0.760. The molecule has 1 aromatic rings. The van der Waals surface area contributed by atoms with Gasteiger partial charge in [-0.1, -0.05) is 17.7 Å². The normalized spacial score (nSPS) is 22.9. The van der Waals surface area contributed by atoms with Gasteiger partial charge in [0.1, 0.15) is 0 Å². The number of carbonyl (C=O) groups is 1. The second-order valence-corrected chi connectivity index (χ2v) is 6.20. The van der Waals surface area contributed by atoms with Gasteiger partial charge in [0.2, 0.25) is 5.91 Å². The van der Waals surface area contributed by atoms with Crippen molar-refractivity contribution in [3.63, 3.8) is 0 Å². The van der Waals surface area contributed by atoms with Crippen LogP contribution in [-0.2, 0) is 11.2 Å². The maximum absolute atomic E-state index is 12.3. The highest BCUT2D eigenvalue weighted by molar-refractivity contribution is 8.01. The zero-order valence-electron chi connectivity index (χ0n) is 10.1. The molecule has 2 aliphatic rings. The first-order chi connectivity index (χ1) is 8.24. The first kappa shape index (κ1) is 11.1. The maximum atomic E-state index is 12.3. The third-order valence-corrected chi connectivity index (χ3v) is 4.88. The van der Waals surface area contributed by atoms with E-state index in [0.29, 0.717) is 5.91 Å². The average molecular weight is 247 g/mol. The number of carbonyl (C=O) groups excluding carboxylic acids is 1. The predicted octanol–water partition coefficient (Wildman–Crippen LogP) is 2.63. The summed E-state index contributed by atoms with van der Waals surface area (Å²) >= 11 is 1.75. The van der Waals surface area contributed by atoms with Gasteiger partial charge >= 0.3 is 0 Å². The maximum Gasteiger partial charge on any atom is 0.236 e. The first-order valence-corrected chi connectivity index (χ1v) is 7.17. The summed E-state index contributed by atoms with van der Waals surface area (Å²) < 4.78 is 0. The number of hydrogen-bond acceptors (Lipinski definition) is 2. The van der Waals surface area contributed by atoms with Crippen LogP contribution < -0.4 is 0 Å². The zero-order valence-corrected chi connectivity index (χ0v) is 10.9. The summed E-state index contributed by atoms with van der Waals surface area (Å²) in [5.74, 6) is 0.348. The summed E-state index contributed by atoms with van der Waals surface area (Å²) in [7, 11) is 0. The highest BCUT2D eigenvalue weighted by Crippen LogP contribution is 2.38. The van der Waals surface area contributed by atoms with Crippen molar-refractivity contribution in [2.24, 2.45) is 0 Å². The topological polar surface area (TPSA) is 20.3 Å². The Morgan fingerprint density at radius 1 is 1.35 bits per heavy atom. The predicted molar refractivity (Wildman–Crippen MR) is 70.3 cm³/mol. The first-order valence-electron chi connectivity index (χ1n) is 6.29. The third-order valence-electron chi connectivity index (χ3n) is 3.59. The fourth-order valence-electron chi connectivity index (χ4n) is 2.61. The van der Waals surface area contributed by atoms with Gasteiger partial charge in [-0.3, -0.25) is 4.79 Å². The van der Waals surface area contributed by atoms with Gasteiger partial charge in [-0.25, -0.2) is 0 Å². The van der Waals surface area contributed by atoms with Gasteiger partial charge in [0.05, 0.1) is 5.25 Å². The second-order valence-electron chi connectivity index (χ2n) is 4.95. The van der Waals surface area contributed by atoms with E-state index in [2.05, 4.69) is 25.1 Å². The molecule has 1 aromatic carbocycles. The summed E-state index contributed by atoms with van der Waals surface area (Å²) in [4.78, 5) is 15.7. The van der Waals surface area contributed by atoms with Crippen LogP contribution in [0.3, 0.4) is 0 Å². The fourth-order valence-corrected chi connectivity index (χ4v) is 3.99. The molecule has 0 aliphatic carbocycles. The van der Waals surface area contributed by atoms with Crippen LogP contribution in [0, 0.1) is 6.92 Å². The number of likely N-dealkylation sites (tertiary alicyclic amines) is 1. The Balaban J connectivity index is 1.75. The number of thioether (sulfide) groups is 1. The number of benzene rings is 1. The van der Waals surface area contributed by atoms with Crippen LogP contribution in [0.25, 0.3) is 0 Å². The largest absolute Gasteiger partial charge is 0.342 e. The zero-order chi connectivity index (χ0) is 11.8. The SMILES string of the molecule is Cc1ccc2c(c1)SC(C(=O)N1CCCC1)C2. The van der Waals surface area contributed by atoms with Crippen molar-refractivity contribution < 1.29 is 4.79 Å². The van der Waals surface area contributed by atoms with Crippen LogP contribution in [0.15, 0.2) is 23.1 Å². The van der Waals surface area contributed by atoms with E-state index in [-0.39, 0.29) is 5.25 Å². The molecule has 0 spiro atoms. The van der Waals surface area contributed by atoms with E-state index in [9.17, 15) is 4.79 Å². The van der Waals surface area contributed by atoms with Gasteiger partial charge in [0.25, 0.3) is 0 Å². The molecule has 2 heterocycles.